The summed E-state index contributed by atoms with van der Waals surface area (Å²) in [5.74, 6) is -0.652. The van der Waals surface area contributed by atoms with Gasteiger partial charge in [-0.3, -0.25) is 14.4 Å². The van der Waals surface area contributed by atoms with Gasteiger partial charge in [-0.2, -0.15) is 0 Å². The lowest BCUT2D eigenvalue weighted by molar-refractivity contribution is -0.126. The van der Waals surface area contributed by atoms with Crippen molar-refractivity contribution < 1.29 is 14.4 Å². The minimum Gasteiger partial charge on any atom is -0.357 e. The number of carbonyl (C=O) groups excluding carboxylic acids is 3. The van der Waals surface area contributed by atoms with Gasteiger partial charge in [-0.25, -0.2) is 4.98 Å². The molecule has 3 amide bonds. The van der Waals surface area contributed by atoms with Gasteiger partial charge in [0.2, 0.25) is 11.8 Å². The number of hydrogen-bond donors (Lipinski definition) is 2. The van der Waals surface area contributed by atoms with Gasteiger partial charge in [0, 0.05) is 25.9 Å². The van der Waals surface area contributed by atoms with E-state index in [9.17, 15) is 14.4 Å². The SMILES string of the molecule is CNC(=O)[C@H]1CCCCN1C(=O)c1csc(NC(C)=O)n1. The Morgan fingerprint density at radius 1 is 1.38 bits per heavy atom. The van der Waals surface area contributed by atoms with Crippen molar-refractivity contribution in [2.75, 3.05) is 18.9 Å². The number of likely N-dealkylation sites (N-methyl/N-ethyl adjacent to an activating group) is 1. The van der Waals surface area contributed by atoms with Crippen molar-refractivity contribution >= 4 is 34.2 Å². The second-order valence-electron chi connectivity index (χ2n) is 4.84. The lowest BCUT2D eigenvalue weighted by atomic mass is 10.0. The zero-order valence-corrected chi connectivity index (χ0v) is 12.8. The van der Waals surface area contributed by atoms with Gasteiger partial charge in [0.15, 0.2) is 5.13 Å². The molecule has 1 aliphatic rings. The van der Waals surface area contributed by atoms with Crippen LogP contribution in [-0.2, 0) is 9.59 Å². The van der Waals surface area contributed by atoms with Crippen LogP contribution in [0.3, 0.4) is 0 Å². The summed E-state index contributed by atoms with van der Waals surface area (Å²) in [7, 11) is 1.57. The minimum absolute atomic E-state index is 0.152. The number of carbonyl (C=O) groups is 3. The van der Waals surface area contributed by atoms with E-state index in [1.165, 1.54) is 18.3 Å². The maximum absolute atomic E-state index is 12.5. The molecule has 114 valence electrons. The molecule has 0 aliphatic carbocycles. The van der Waals surface area contributed by atoms with E-state index in [-0.39, 0.29) is 23.4 Å². The second kappa shape index (κ2) is 6.66. The topological polar surface area (TPSA) is 91.4 Å². The van der Waals surface area contributed by atoms with Gasteiger partial charge in [-0.05, 0) is 19.3 Å². The molecule has 2 rings (SSSR count). The van der Waals surface area contributed by atoms with Crippen LogP contribution in [0.2, 0.25) is 0 Å². The molecule has 0 aromatic carbocycles. The smallest absolute Gasteiger partial charge is 0.274 e. The number of aromatic nitrogens is 1. The van der Waals surface area contributed by atoms with Crippen molar-refractivity contribution in [3.8, 4) is 0 Å². The fourth-order valence-corrected chi connectivity index (χ4v) is 3.07. The zero-order valence-electron chi connectivity index (χ0n) is 12.0. The molecule has 8 heteroatoms. The first-order chi connectivity index (χ1) is 10.0. The van der Waals surface area contributed by atoms with E-state index in [4.69, 9.17) is 0 Å². The van der Waals surface area contributed by atoms with Gasteiger partial charge in [-0.15, -0.1) is 11.3 Å². The zero-order chi connectivity index (χ0) is 15.4. The van der Waals surface area contributed by atoms with Crippen LogP contribution in [0.1, 0.15) is 36.7 Å². The molecule has 1 saturated heterocycles. The fourth-order valence-electron chi connectivity index (χ4n) is 2.34. The summed E-state index contributed by atoms with van der Waals surface area (Å²) in [6, 6.07) is -0.442. The quantitative estimate of drug-likeness (QED) is 0.865. The molecule has 2 N–H and O–H groups in total. The summed E-state index contributed by atoms with van der Waals surface area (Å²) in [5.41, 5.74) is 0.263. The van der Waals surface area contributed by atoms with Crippen LogP contribution >= 0.6 is 11.3 Å². The van der Waals surface area contributed by atoms with E-state index in [0.717, 1.165) is 12.8 Å². The van der Waals surface area contributed by atoms with E-state index in [2.05, 4.69) is 15.6 Å². The van der Waals surface area contributed by atoms with E-state index >= 15 is 0 Å². The number of thiazole rings is 1. The predicted molar refractivity (Wildman–Crippen MR) is 79.2 cm³/mol. The average Bonchev–Trinajstić information content (AvgIpc) is 2.93. The van der Waals surface area contributed by atoms with Gasteiger partial charge >= 0.3 is 0 Å². The number of nitrogens with one attached hydrogen (secondary N) is 2. The number of likely N-dealkylation sites (tertiary alicyclic amines) is 1. The van der Waals surface area contributed by atoms with Crippen molar-refractivity contribution in [3.63, 3.8) is 0 Å². The van der Waals surface area contributed by atoms with Crippen molar-refractivity contribution in [2.45, 2.75) is 32.2 Å². The third kappa shape index (κ3) is 3.57. The van der Waals surface area contributed by atoms with Crippen LogP contribution < -0.4 is 10.6 Å². The number of hydrogen-bond acceptors (Lipinski definition) is 5. The van der Waals surface area contributed by atoms with Gasteiger partial charge in [0.1, 0.15) is 11.7 Å². The number of piperidine rings is 1. The first kappa shape index (κ1) is 15.4. The molecule has 2 heterocycles. The van der Waals surface area contributed by atoms with Gasteiger partial charge in [0.25, 0.3) is 5.91 Å². The molecule has 0 unspecified atom stereocenters. The van der Waals surface area contributed by atoms with E-state index in [0.29, 0.717) is 18.1 Å². The Hall–Kier alpha value is -1.96. The summed E-state index contributed by atoms with van der Waals surface area (Å²) in [6.07, 6.45) is 2.46. The van der Waals surface area contributed by atoms with E-state index in [1.54, 1.807) is 17.3 Å². The highest BCUT2D eigenvalue weighted by Crippen LogP contribution is 2.22. The second-order valence-corrected chi connectivity index (χ2v) is 5.70. The molecule has 0 bridgehead atoms. The lowest BCUT2D eigenvalue weighted by Crippen LogP contribution is -2.51. The standard InChI is InChI=1S/C13H18N4O3S/c1-8(18)15-13-16-9(7-21-13)12(20)17-6-4-3-5-10(17)11(19)14-2/h7,10H,3-6H2,1-2H3,(H,14,19)(H,15,16,18)/t10-/m1/s1. The monoisotopic (exact) mass is 310 g/mol. The molecule has 0 spiro atoms. The highest BCUT2D eigenvalue weighted by Gasteiger charge is 2.33. The third-order valence-corrected chi connectivity index (χ3v) is 4.08. The Morgan fingerprint density at radius 2 is 2.14 bits per heavy atom. The maximum atomic E-state index is 12.5. The Morgan fingerprint density at radius 3 is 2.81 bits per heavy atom. The molecule has 7 nitrogen and oxygen atoms in total. The third-order valence-electron chi connectivity index (χ3n) is 3.32. The minimum atomic E-state index is -0.442. The van der Waals surface area contributed by atoms with Crippen LogP contribution in [0.4, 0.5) is 5.13 Å². The lowest BCUT2D eigenvalue weighted by Gasteiger charge is -2.33. The molecule has 21 heavy (non-hydrogen) atoms. The first-order valence-corrected chi connectivity index (χ1v) is 7.66. The molecule has 1 atom stereocenters. The van der Waals surface area contributed by atoms with Crippen LogP contribution in [0.5, 0.6) is 0 Å². The maximum Gasteiger partial charge on any atom is 0.274 e. The Balaban J connectivity index is 2.14. The number of amides is 3. The predicted octanol–water partition coefficient (Wildman–Crippen LogP) is 0.842. The summed E-state index contributed by atoms with van der Waals surface area (Å²) in [5, 5.41) is 7.13. The van der Waals surface area contributed by atoms with Crippen LogP contribution in [-0.4, -0.2) is 47.2 Å². The summed E-state index contributed by atoms with van der Waals surface area (Å²) in [6.45, 7) is 1.93. The number of rotatable bonds is 3. The van der Waals surface area contributed by atoms with Crippen molar-refractivity contribution in [1.29, 1.82) is 0 Å². The average molecular weight is 310 g/mol. The Bertz CT molecular complexity index is 557. The largest absolute Gasteiger partial charge is 0.357 e. The highest BCUT2D eigenvalue weighted by atomic mass is 32.1. The molecule has 1 fully saturated rings. The molecule has 1 aromatic heterocycles. The molecule has 1 aromatic rings. The molecule has 0 saturated carbocycles. The highest BCUT2D eigenvalue weighted by molar-refractivity contribution is 7.14. The van der Waals surface area contributed by atoms with E-state index < -0.39 is 6.04 Å². The van der Waals surface area contributed by atoms with Gasteiger partial charge < -0.3 is 15.5 Å². The molecule has 1 aliphatic heterocycles. The normalized spacial score (nSPS) is 18.2. The molecular weight excluding hydrogens is 292 g/mol. The van der Waals surface area contributed by atoms with Crippen LogP contribution in [0.25, 0.3) is 0 Å². The van der Waals surface area contributed by atoms with Crippen molar-refractivity contribution in [2.24, 2.45) is 0 Å². The van der Waals surface area contributed by atoms with Crippen molar-refractivity contribution in [1.82, 2.24) is 15.2 Å². The van der Waals surface area contributed by atoms with Crippen LogP contribution in [0, 0.1) is 0 Å². The van der Waals surface area contributed by atoms with Gasteiger partial charge in [-0.1, -0.05) is 0 Å². The number of nitrogens with zero attached hydrogens (tertiary/aromatic N) is 2. The fraction of sp³-hybridized carbons (Fsp3) is 0.538. The van der Waals surface area contributed by atoms with Crippen LogP contribution in [0.15, 0.2) is 5.38 Å². The van der Waals surface area contributed by atoms with E-state index in [1.807, 2.05) is 0 Å². The first-order valence-electron chi connectivity index (χ1n) is 6.78. The summed E-state index contributed by atoms with van der Waals surface area (Å²) in [4.78, 5) is 41.0. The molecular formula is C13H18N4O3S. The Kier molecular flexibility index (Phi) is 4.89. The number of anilines is 1. The van der Waals surface area contributed by atoms with Crippen molar-refractivity contribution in [3.05, 3.63) is 11.1 Å². The summed E-state index contributed by atoms with van der Waals surface area (Å²) >= 11 is 1.19. The Labute approximate surface area is 126 Å². The van der Waals surface area contributed by atoms with Gasteiger partial charge in [0.05, 0.1) is 0 Å². The molecule has 0 radical (unpaired) electrons. The summed E-state index contributed by atoms with van der Waals surface area (Å²) < 4.78 is 0.